The van der Waals surface area contributed by atoms with Gasteiger partial charge in [-0.1, -0.05) is 29.8 Å². The van der Waals surface area contributed by atoms with E-state index in [-0.39, 0.29) is 0 Å². The van der Waals surface area contributed by atoms with Gasteiger partial charge in [0.25, 0.3) is 0 Å². The molecule has 1 heterocycles. The number of nitrogens with zero attached hydrogens (tertiary/aromatic N) is 1. The number of benzene rings is 1. The molecule has 3 heteroatoms. The Labute approximate surface area is 99.5 Å². The minimum Gasteiger partial charge on any atom is -0.350 e. The number of nitrogens with one attached hydrogen (secondary N) is 1. The van der Waals surface area contributed by atoms with Gasteiger partial charge in [0.1, 0.15) is 11.8 Å². The van der Waals surface area contributed by atoms with Gasteiger partial charge in [-0.3, -0.25) is 0 Å². The normalized spacial score (nSPS) is 10.1. The molecule has 0 atom stereocenters. The van der Waals surface area contributed by atoms with Gasteiger partial charge in [-0.25, -0.2) is 0 Å². The molecule has 0 saturated carbocycles. The standard InChI is InChI=1S/C13H11ClN2/c1-8-9(2)16-12(7-15)13(8)10-5-3-4-6-11(10)14/h3-6,16H,1-2H3. The molecule has 1 aromatic carbocycles. The molecule has 0 unspecified atom stereocenters. The molecule has 80 valence electrons. The number of aromatic nitrogens is 1. The molecule has 2 aromatic rings. The van der Waals surface area contributed by atoms with Gasteiger partial charge in [-0.15, -0.1) is 0 Å². The molecule has 2 rings (SSSR count). The SMILES string of the molecule is Cc1[nH]c(C#N)c(-c2ccccc2Cl)c1C. The molecule has 0 bridgehead atoms. The number of aryl methyl sites for hydroxylation is 1. The Morgan fingerprint density at radius 1 is 1.25 bits per heavy atom. The lowest BCUT2D eigenvalue weighted by atomic mass is 10.0. The lowest BCUT2D eigenvalue weighted by molar-refractivity contribution is 1.21. The number of hydrogen-bond acceptors (Lipinski definition) is 1. The van der Waals surface area contributed by atoms with E-state index < -0.39 is 0 Å². The van der Waals surface area contributed by atoms with Gasteiger partial charge in [0.15, 0.2) is 0 Å². The van der Waals surface area contributed by atoms with Crippen LogP contribution >= 0.6 is 11.6 Å². The Hall–Kier alpha value is -1.72. The minimum absolute atomic E-state index is 0.572. The van der Waals surface area contributed by atoms with Crippen LogP contribution in [-0.4, -0.2) is 4.98 Å². The maximum Gasteiger partial charge on any atom is 0.126 e. The average molecular weight is 231 g/mol. The highest BCUT2D eigenvalue weighted by Gasteiger charge is 2.15. The molecule has 16 heavy (non-hydrogen) atoms. The molecular formula is C13H11ClN2. The Bertz CT molecular complexity index is 576. The first-order valence-electron chi connectivity index (χ1n) is 4.99. The maximum atomic E-state index is 9.08. The van der Waals surface area contributed by atoms with E-state index in [1.807, 2.05) is 38.1 Å². The summed E-state index contributed by atoms with van der Waals surface area (Å²) in [6.07, 6.45) is 0. The van der Waals surface area contributed by atoms with Crippen LogP contribution in [-0.2, 0) is 0 Å². The summed E-state index contributed by atoms with van der Waals surface area (Å²) in [5.74, 6) is 0. The Balaban J connectivity index is 2.74. The summed E-state index contributed by atoms with van der Waals surface area (Å²) in [6.45, 7) is 3.95. The minimum atomic E-state index is 0.572. The van der Waals surface area contributed by atoms with E-state index in [1.54, 1.807) is 0 Å². The van der Waals surface area contributed by atoms with E-state index in [0.29, 0.717) is 10.7 Å². The Morgan fingerprint density at radius 3 is 2.56 bits per heavy atom. The molecule has 2 nitrogen and oxygen atoms in total. The van der Waals surface area contributed by atoms with Crippen LogP contribution in [0.1, 0.15) is 17.0 Å². The summed E-state index contributed by atoms with van der Waals surface area (Å²) in [5.41, 5.74) is 4.47. The first-order valence-corrected chi connectivity index (χ1v) is 5.37. The van der Waals surface area contributed by atoms with E-state index in [9.17, 15) is 0 Å². The average Bonchev–Trinajstić information content (AvgIpc) is 2.56. The Kier molecular flexibility index (Phi) is 2.72. The molecule has 0 aliphatic carbocycles. The molecule has 0 aliphatic rings. The number of aromatic amines is 1. The second kappa shape index (κ2) is 4.03. The second-order valence-corrected chi connectivity index (χ2v) is 4.12. The van der Waals surface area contributed by atoms with Crippen LogP contribution in [0.5, 0.6) is 0 Å². The fourth-order valence-electron chi connectivity index (χ4n) is 1.80. The molecule has 0 fully saturated rings. The highest BCUT2D eigenvalue weighted by Crippen LogP contribution is 2.33. The molecule has 0 radical (unpaired) electrons. The van der Waals surface area contributed by atoms with Crippen molar-refractivity contribution in [3.63, 3.8) is 0 Å². The van der Waals surface area contributed by atoms with Crippen molar-refractivity contribution in [1.29, 1.82) is 5.26 Å². The van der Waals surface area contributed by atoms with Crippen molar-refractivity contribution < 1.29 is 0 Å². The predicted octanol–water partition coefficient (Wildman–Crippen LogP) is 3.82. The third kappa shape index (κ3) is 1.60. The molecule has 0 spiro atoms. The van der Waals surface area contributed by atoms with Crippen molar-refractivity contribution >= 4 is 11.6 Å². The molecular weight excluding hydrogens is 220 g/mol. The van der Waals surface area contributed by atoms with E-state index in [4.69, 9.17) is 16.9 Å². The summed E-state index contributed by atoms with van der Waals surface area (Å²) < 4.78 is 0. The quantitative estimate of drug-likeness (QED) is 0.795. The van der Waals surface area contributed by atoms with Crippen LogP contribution in [0, 0.1) is 25.2 Å². The third-order valence-electron chi connectivity index (χ3n) is 2.75. The van der Waals surface area contributed by atoms with Gasteiger partial charge in [0, 0.05) is 21.8 Å². The van der Waals surface area contributed by atoms with Crippen LogP contribution in [0.2, 0.25) is 5.02 Å². The summed E-state index contributed by atoms with van der Waals surface area (Å²) in [7, 11) is 0. The van der Waals surface area contributed by atoms with Gasteiger partial charge in [0.05, 0.1) is 0 Å². The van der Waals surface area contributed by atoms with Gasteiger partial charge >= 0.3 is 0 Å². The van der Waals surface area contributed by atoms with Crippen molar-refractivity contribution in [2.75, 3.05) is 0 Å². The fourth-order valence-corrected chi connectivity index (χ4v) is 2.03. The lowest BCUT2D eigenvalue weighted by Gasteiger charge is -2.04. The smallest absolute Gasteiger partial charge is 0.126 e. The first kappa shape index (κ1) is 10.8. The van der Waals surface area contributed by atoms with E-state index in [2.05, 4.69) is 11.1 Å². The molecule has 1 N–H and O–H groups in total. The van der Waals surface area contributed by atoms with Crippen LogP contribution in [0.4, 0.5) is 0 Å². The van der Waals surface area contributed by atoms with Crippen LogP contribution in [0.15, 0.2) is 24.3 Å². The zero-order valence-corrected chi connectivity index (χ0v) is 9.89. The lowest BCUT2D eigenvalue weighted by Crippen LogP contribution is -1.83. The van der Waals surface area contributed by atoms with Gasteiger partial charge in [0.2, 0.25) is 0 Å². The maximum absolute atomic E-state index is 9.08. The highest BCUT2D eigenvalue weighted by atomic mass is 35.5. The number of rotatable bonds is 1. The zero-order valence-electron chi connectivity index (χ0n) is 9.13. The fraction of sp³-hybridized carbons (Fsp3) is 0.154. The first-order chi connectivity index (χ1) is 7.65. The molecule has 1 aromatic heterocycles. The number of hydrogen-bond donors (Lipinski definition) is 1. The van der Waals surface area contributed by atoms with Crippen molar-refractivity contribution in [1.82, 2.24) is 4.98 Å². The molecule has 0 saturated heterocycles. The predicted molar refractivity (Wildman–Crippen MR) is 65.4 cm³/mol. The topological polar surface area (TPSA) is 39.6 Å². The van der Waals surface area contributed by atoms with E-state index >= 15 is 0 Å². The van der Waals surface area contributed by atoms with Gasteiger partial charge < -0.3 is 4.98 Å². The highest BCUT2D eigenvalue weighted by molar-refractivity contribution is 6.33. The monoisotopic (exact) mass is 230 g/mol. The third-order valence-corrected chi connectivity index (χ3v) is 3.08. The second-order valence-electron chi connectivity index (χ2n) is 3.72. The van der Waals surface area contributed by atoms with E-state index in [1.165, 1.54) is 0 Å². The largest absolute Gasteiger partial charge is 0.350 e. The molecule has 0 amide bonds. The summed E-state index contributed by atoms with van der Waals surface area (Å²) in [6, 6.07) is 9.73. The van der Waals surface area contributed by atoms with Crippen molar-refractivity contribution in [2.24, 2.45) is 0 Å². The van der Waals surface area contributed by atoms with Crippen LogP contribution in [0.25, 0.3) is 11.1 Å². The Morgan fingerprint density at radius 2 is 1.94 bits per heavy atom. The summed E-state index contributed by atoms with van der Waals surface area (Å²) in [5, 5.41) is 9.75. The summed E-state index contributed by atoms with van der Waals surface area (Å²) in [4.78, 5) is 3.07. The van der Waals surface area contributed by atoms with Crippen molar-refractivity contribution in [3.8, 4) is 17.2 Å². The van der Waals surface area contributed by atoms with E-state index in [0.717, 1.165) is 22.4 Å². The van der Waals surface area contributed by atoms with Gasteiger partial charge in [-0.2, -0.15) is 5.26 Å². The number of nitriles is 1. The zero-order chi connectivity index (χ0) is 11.7. The summed E-state index contributed by atoms with van der Waals surface area (Å²) >= 11 is 6.15. The van der Waals surface area contributed by atoms with Crippen molar-refractivity contribution in [3.05, 3.63) is 46.2 Å². The van der Waals surface area contributed by atoms with Crippen LogP contribution in [0.3, 0.4) is 0 Å². The van der Waals surface area contributed by atoms with Gasteiger partial charge in [-0.05, 0) is 25.5 Å². The number of H-pyrrole nitrogens is 1. The van der Waals surface area contributed by atoms with Crippen molar-refractivity contribution in [2.45, 2.75) is 13.8 Å². The van der Waals surface area contributed by atoms with Crippen LogP contribution < -0.4 is 0 Å². The number of halogens is 1. The molecule has 0 aliphatic heterocycles.